The van der Waals surface area contributed by atoms with E-state index in [1.165, 1.54) is 23.5 Å². The van der Waals surface area contributed by atoms with E-state index >= 15 is 0 Å². The van der Waals surface area contributed by atoms with Gasteiger partial charge in [0.15, 0.2) is 5.13 Å². The van der Waals surface area contributed by atoms with E-state index in [-0.39, 0.29) is 23.7 Å². The van der Waals surface area contributed by atoms with Crippen LogP contribution in [0.2, 0.25) is 0 Å². The Labute approximate surface area is 235 Å². The molecule has 0 aromatic carbocycles. The molecule has 1 amide bonds. The topological polar surface area (TPSA) is 96.4 Å². The molecule has 0 saturated carbocycles. The van der Waals surface area contributed by atoms with Gasteiger partial charge in [0.25, 0.3) is 5.91 Å². The lowest BCUT2D eigenvalue weighted by Gasteiger charge is -2.41. The molecule has 9 nitrogen and oxygen atoms in total. The number of rotatable bonds is 6. The highest BCUT2D eigenvalue weighted by Gasteiger charge is 2.43. The summed E-state index contributed by atoms with van der Waals surface area (Å²) < 4.78 is 41.3. The molecule has 4 aromatic rings. The zero-order chi connectivity index (χ0) is 28.0. The van der Waals surface area contributed by atoms with Crippen molar-refractivity contribution in [2.24, 2.45) is 0 Å². The number of fused-ring (bicyclic) bond motifs is 2. The zero-order valence-electron chi connectivity index (χ0n) is 21.5. The molecule has 2 fully saturated rings. The molecule has 2 aliphatic rings. The third-order valence-corrected chi connectivity index (χ3v) is 8.73. The van der Waals surface area contributed by atoms with Crippen molar-refractivity contribution in [3.05, 3.63) is 58.3 Å². The molecule has 6 heterocycles. The van der Waals surface area contributed by atoms with Crippen LogP contribution in [0.3, 0.4) is 0 Å². The van der Waals surface area contributed by atoms with E-state index in [1.54, 1.807) is 29.7 Å². The molecule has 208 valence electrons. The van der Waals surface area contributed by atoms with Gasteiger partial charge in [0, 0.05) is 24.7 Å². The highest BCUT2D eigenvalue weighted by molar-refractivity contribution is 7.16. The number of hydrogen-bond donors (Lipinski definition) is 1. The maximum Gasteiger partial charge on any atom is 0.573 e. The number of carbonyl (C=O) groups is 1. The minimum absolute atomic E-state index is 0.0236. The Balaban J connectivity index is 1.09. The number of amides is 1. The average molecular weight is 588 g/mol. The Morgan fingerprint density at radius 2 is 1.82 bits per heavy atom. The van der Waals surface area contributed by atoms with Crippen molar-refractivity contribution < 1.29 is 22.7 Å². The van der Waals surface area contributed by atoms with Crippen LogP contribution in [0, 0.1) is 13.8 Å². The second-order valence-electron chi connectivity index (χ2n) is 9.64. The minimum atomic E-state index is -4.76. The van der Waals surface area contributed by atoms with Gasteiger partial charge in [-0.25, -0.2) is 19.9 Å². The molecular formula is C26H24F3N7O2S2. The number of pyridine rings is 2. The molecule has 4 aromatic heterocycles. The lowest BCUT2D eigenvalue weighted by Crippen LogP contribution is -2.56. The van der Waals surface area contributed by atoms with E-state index in [2.05, 4.69) is 30.0 Å². The minimum Gasteiger partial charge on any atom is -0.404 e. The molecule has 1 N–H and O–H groups in total. The lowest BCUT2D eigenvalue weighted by molar-refractivity contribution is -0.274. The number of halogens is 3. The van der Waals surface area contributed by atoms with Crippen molar-refractivity contribution in [1.29, 1.82) is 0 Å². The van der Waals surface area contributed by atoms with Crippen molar-refractivity contribution in [3.63, 3.8) is 0 Å². The van der Waals surface area contributed by atoms with Gasteiger partial charge in [0.05, 0.1) is 45.1 Å². The number of hydrogen-bond acceptors (Lipinski definition) is 10. The number of ether oxygens (including phenoxy) is 1. The highest BCUT2D eigenvalue weighted by atomic mass is 32.1. The van der Waals surface area contributed by atoms with E-state index in [1.807, 2.05) is 29.0 Å². The number of piperazine rings is 1. The molecule has 14 heteroatoms. The standard InChI is InChI=1S/C26H24F3N7O2S2/c1-14-23(40-15(2)32-14)20-13-39-25(33-20)34-21-7-3-16(9-30-21)24(37)36-17-4-5-18(36)12-35(11-17)22-8-6-19(10-31-22)38-26(27,28)29/h3,6-10,13,17-18H,4-5,11-12H2,1-2H3,(H,30,33,34)/t17-,18+. The van der Waals surface area contributed by atoms with Crippen LogP contribution in [0.5, 0.6) is 5.75 Å². The van der Waals surface area contributed by atoms with E-state index in [9.17, 15) is 18.0 Å². The second kappa shape index (κ2) is 10.3. The Bertz CT molecular complexity index is 1510. The summed E-state index contributed by atoms with van der Waals surface area (Å²) in [6.07, 6.45) is -0.427. The first-order valence-electron chi connectivity index (χ1n) is 12.6. The summed E-state index contributed by atoms with van der Waals surface area (Å²) >= 11 is 3.09. The van der Waals surface area contributed by atoms with E-state index in [0.29, 0.717) is 35.4 Å². The van der Waals surface area contributed by atoms with Gasteiger partial charge in [-0.2, -0.15) is 0 Å². The molecule has 2 atom stereocenters. The van der Waals surface area contributed by atoms with Gasteiger partial charge in [-0.05, 0) is 51.0 Å². The molecule has 6 rings (SSSR count). The van der Waals surface area contributed by atoms with Crippen LogP contribution >= 0.6 is 22.7 Å². The van der Waals surface area contributed by atoms with Crippen LogP contribution in [0.4, 0.5) is 29.9 Å². The largest absolute Gasteiger partial charge is 0.573 e. The first-order valence-corrected chi connectivity index (χ1v) is 14.2. The predicted molar refractivity (Wildman–Crippen MR) is 146 cm³/mol. The lowest BCUT2D eigenvalue weighted by atomic mass is 10.1. The molecule has 2 aliphatic heterocycles. The van der Waals surface area contributed by atoms with Crippen molar-refractivity contribution in [2.45, 2.75) is 45.1 Å². The summed E-state index contributed by atoms with van der Waals surface area (Å²) in [5.41, 5.74) is 2.33. The number of alkyl halides is 3. The Kier molecular flexibility index (Phi) is 6.82. The summed E-state index contributed by atoms with van der Waals surface area (Å²) in [6.45, 7) is 5.04. The van der Waals surface area contributed by atoms with Crippen LogP contribution in [-0.4, -0.2) is 62.3 Å². The summed E-state index contributed by atoms with van der Waals surface area (Å²) in [5.74, 6) is 0.701. The SMILES string of the molecule is Cc1nc(C)c(-c2csc(Nc3ccc(C(=O)N4[C@@H]5CC[C@H]4CN(c4ccc(OC(F)(F)F)cn4)C5)cn3)n2)s1. The van der Waals surface area contributed by atoms with Crippen molar-refractivity contribution in [2.75, 3.05) is 23.3 Å². The summed E-state index contributed by atoms with van der Waals surface area (Å²) in [7, 11) is 0. The summed E-state index contributed by atoms with van der Waals surface area (Å²) in [4.78, 5) is 36.1. The summed E-state index contributed by atoms with van der Waals surface area (Å²) in [6, 6.07) is 6.25. The molecule has 0 unspecified atom stereocenters. The number of aryl methyl sites for hydroxylation is 2. The predicted octanol–water partition coefficient (Wildman–Crippen LogP) is 5.81. The third-order valence-electron chi connectivity index (χ3n) is 6.88. The first kappa shape index (κ1) is 26.4. The van der Waals surface area contributed by atoms with Crippen LogP contribution < -0.4 is 15.0 Å². The fourth-order valence-electron chi connectivity index (χ4n) is 5.23. The number of nitrogens with zero attached hydrogens (tertiary/aromatic N) is 6. The number of carbonyl (C=O) groups excluding carboxylic acids is 1. The van der Waals surface area contributed by atoms with Crippen molar-refractivity contribution >= 4 is 45.3 Å². The fourth-order valence-corrected chi connectivity index (χ4v) is 6.90. The van der Waals surface area contributed by atoms with Gasteiger partial charge in [0.1, 0.15) is 17.4 Å². The third kappa shape index (κ3) is 5.45. The van der Waals surface area contributed by atoms with Crippen LogP contribution in [0.25, 0.3) is 10.6 Å². The zero-order valence-corrected chi connectivity index (χ0v) is 23.1. The van der Waals surface area contributed by atoms with Crippen LogP contribution in [0.15, 0.2) is 42.0 Å². The number of aromatic nitrogens is 4. The van der Waals surface area contributed by atoms with Gasteiger partial charge in [0.2, 0.25) is 0 Å². The smallest absolute Gasteiger partial charge is 0.404 e. The highest BCUT2D eigenvalue weighted by Crippen LogP contribution is 2.35. The molecule has 2 saturated heterocycles. The molecule has 0 aliphatic carbocycles. The molecule has 40 heavy (non-hydrogen) atoms. The number of nitrogens with one attached hydrogen (secondary N) is 1. The Morgan fingerprint density at radius 3 is 2.42 bits per heavy atom. The second-order valence-corrected chi connectivity index (χ2v) is 11.7. The Hall–Kier alpha value is -3.78. The Morgan fingerprint density at radius 1 is 1.05 bits per heavy atom. The maximum absolute atomic E-state index is 13.4. The normalized spacial score (nSPS) is 18.7. The molecule has 0 radical (unpaired) electrons. The number of thiazole rings is 2. The van der Waals surface area contributed by atoms with E-state index in [4.69, 9.17) is 0 Å². The quantitative estimate of drug-likeness (QED) is 0.302. The van der Waals surface area contributed by atoms with Gasteiger partial charge in [-0.15, -0.1) is 35.8 Å². The van der Waals surface area contributed by atoms with Crippen LogP contribution in [0.1, 0.15) is 33.9 Å². The molecule has 2 bridgehead atoms. The van der Waals surface area contributed by atoms with Gasteiger partial charge < -0.3 is 19.9 Å². The summed E-state index contributed by atoms with van der Waals surface area (Å²) in [5, 5.41) is 6.89. The van der Waals surface area contributed by atoms with Gasteiger partial charge in [-0.3, -0.25) is 4.79 Å². The van der Waals surface area contributed by atoms with Crippen molar-refractivity contribution in [3.8, 4) is 16.3 Å². The monoisotopic (exact) mass is 587 g/mol. The van der Waals surface area contributed by atoms with E-state index in [0.717, 1.165) is 40.3 Å². The van der Waals surface area contributed by atoms with E-state index < -0.39 is 6.36 Å². The average Bonchev–Trinajstić information content (AvgIpc) is 3.58. The van der Waals surface area contributed by atoms with Crippen LogP contribution in [-0.2, 0) is 0 Å². The first-order chi connectivity index (χ1) is 19.1. The molecular weight excluding hydrogens is 563 g/mol. The molecule has 0 spiro atoms. The maximum atomic E-state index is 13.4. The fraction of sp³-hybridized carbons (Fsp3) is 0.346. The van der Waals surface area contributed by atoms with Crippen molar-refractivity contribution in [1.82, 2.24) is 24.8 Å². The van der Waals surface area contributed by atoms with Gasteiger partial charge in [-0.1, -0.05) is 0 Å². The van der Waals surface area contributed by atoms with Gasteiger partial charge >= 0.3 is 6.36 Å². The number of anilines is 3.